The molecular formula is C40H47ClN2. The van der Waals surface area contributed by atoms with Crippen LogP contribution in [0, 0.1) is 0 Å². The summed E-state index contributed by atoms with van der Waals surface area (Å²) in [5.41, 5.74) is 14.0. The normalized spacial score (nSPS) is 17.3. The van der Waals surface area contributed by atoms with Crippen LogP contribution in [0.2, 0.25) is 0 Å². The van der Waals surface area contributed by atoms with Gasteiger partial charge in [-0.25, -0.2) is 4.99 Å². The molecule has 0 spiro atoms. The van der Waals surface area contributed by atoms with E-state index < -0.39 is 0 Å². The van der Waals surface area contributed by atoms with E-state index in [9.17, 15) is 0 Å². The Kier molecular flexibility index (Phi) is 9.72. The lowest BCUT2D eigenvalue weighted by Gasteiger charge is -2.25. The van der Waals surface area contributed by atoms with Crippen LogP contribution >= 0.6 is 11.6 Å². The Morgan fingerprint density at radius 3 is 1.60 bits per heavy atom. The molecule has 0 amide bonds. The summed E-state index contributed by atoms with van der Waals surface area (Å²) in [5.74, 6) is 0. The van der Waals surface area contributed by atoms with Gasteiger partial charge < -0.3 is 5.32 Å². The van der Waals surface area contributed by atoms with Crippen LogP contribution in [0.3, 0.4) is 0 Å². The number of rotatable bonds is 2. The van der Waals surface area contributed by atoms with Gasteiger partial charge >= 0.3 is 0 Å². The Morgan fingerprint density at radius 1 is 0.581 bits per heavy atom. The van der Waals surface area contributed by atoms with Gasteiger partial charge in [0, 0.05) is 16.5 Å². The second-order valence-electron chi connectivity index (χ2n) is 11.5. The number of benzene rings is 4. The first-order chi connectivity index (χ1) is 20.7. The summed E-state index contributed by atoms with van der Waals surface area (Å²) < 4.78 is 0. The fourth-order valence-electron chi connectivity index (χ4n) is 6.62. The molecule has 0 fully saturated rings. The third-order valence-electron chi connectivity index (χ3n) is 8.66. The Morgan fingerprint density at radius 2 is 1.05 bits per heavy atom. The molecule has 3 heteroatoms. The number of hydrogen-bond acceptors (Lipinski definition) is 2. The molecule has 0 saturated carbocycles. The lowest BCUT2D eigenvalue weighted by atomic mass is 9.81. The average molecular weight is 591 g/mol. The Hall–Kier alpha value is -3.62. The van der Waals surface area contributed by atoms with Crippen LogP contribution in [0.1, 0.15) is 109 Å². The van der Waals surface area contributed by atoms with Crippen molar-refractivity contribution in [2.75, 3.05) is 0 Å². The fraction of sp³-hybridized carbons (Fsp3) is 0.325. The van der Waals surface area contributed by atoms with E-state index in [1.165, 1.54) is 44.5 Å². The summed E-state index contributed by atoms with van der Waals surface area (Å²) in [6, 6.07) is 30.9. The molecule has 224 valence electrons. The van der Waals surface area contributed by atoms with Crippen molar-refractivity contribution in [2.24, 2.45) is 4.99 Å². The van der Waals surface area contributed by atoms with Gasteiger partial charge in [-0.1, -0.05) is 148 Å². The zero-order valence-corrected chi connectivity index (χ0v) is 28.3. The van der Waals surface area contributed by atoms with E-state index in [0.29, 0.717) is 5.29 Å². The number of nitrogens with zero attached hydrogens (tertiary/aromatic N) is 1. The van der Waals surface area contributed by atoms with Gasteiger partial charge in [0.15, 0.2) is 5.29 Å². The topological polar surface area (TPSA) is 24.4 Å². The Bertz CT molecular complexity index is 1670. The molecular weight excluding hydrogens is 544 g/mol. The maximum atomic E-state index is 6.60. The predicted molar refractivity (Wildman–Crippen MR) is 189 cm³/mol. The third kappa shape index (κ3) is 5.47. The molecule has 1 aliphatic heterocycles. The number of nitrogens with one attached hydrogen (secondary N) is 1. The SMILES string of the molecule is CC.CC.CC.CC1(C)c2ccccc2-c2ccc(C3=CC(c4ccc5c(c4)C(C)(C)c4ccccc4-5)N=C(Cl)N3)cc21. The van der Waals surface area contributed by atoms with Crippen molar-refractivity contribution >= 4 is 22.6 Å². The van der Waals surface area contributed by atoms with Crippen molar-refractivity contribution in [2.45, 2.75) is 86.1 Å². The van der Waals surface area contributed by atoms with Crippen LogP contribution in [0.5, 0.6) is 0 Å². The molecule has 4 aromatic carbocycles. The fourth-order valence-corrected chi connectivity index (χ4v) is 6.83. The highest BCUT2D eigenvalue weighted by Gasteiger charge is 2.37. The second kappa shape index (κ2) is 12.9. The van der Waals surface area contributed by atoms with E-state index in [-0.39, 0.29) is 16.9 Å². The Balaban J connectivity index is 0.000000666. The maximum absolute atomic E-state index is 6.60. The number of amidine groups is 1. The largest absolute Gasteiger partial charge is 0.330 e. The quantitative estimate of drug-likeness (QED) is 0.231. The first-order valence-electron chi connectivity index (χ1n) is 16.0. The van der Waals surface area contributed by atoms with Crippen LogP contribution in [-0.2, 0) is 10.8 Å². The van der Waals surface area contributed by atoms with Crippen molar-refractivity contribution in [3.05, 3.63) is 124 Å². The third-order valence-corrected chi connectivity index (χ3v) is 8.85. The number of hydrogen-bond donors (Lipinski definition) is 1. The number of aliphatic imine (C=N–C) groups is 1. The summed E-state index contributed by atoms with van der Waals surface area (Å²) in [5, 5.41) is 3.76. The van der Waals surface area contributed by atoms with E-state index in [2.05, 4.69) is 124 Å². The zero-order valence-electron chi connectivity index (χ0n) is 27.6. The van der Waals surface area contributed by atoms with Gasteiger partial charge in [0.1, 0.15) is 0 Å². The minimum Gasteiger partial charge on any atom is -0.330 e. The second-order valence-corrected chi connectivity index (χ2v) is 11.8. The van der Waals surface area contributed by atoms with E-state index in [0.717, 1.165) is 16.8 Å². The van der Waals surface area contributed by atoms with E-state index in [1.807, 2.05) is 41.5 Å². The monoisotopic (exact) mass is 590 g/mol. The minimum absolute atomic E-state index is 0.0462. The first kappa shape index (κ1) is 32.3. The molecule has 1 unspecified atom stereocenters. The highest BCUT2D eigenvalue weighted by atomic mass is 35.5. The van der Waals surface area contributed by atoms with E-state index in [4.69, 9.17) is 16.6 Å². The molecule has 1 N–H and O–H groups in total. The maximum Gasteiger partial charge on any atom is 0.196 e. The zero-order chi connectivity index (χ0) is 31.5. The standard InChI is InChI=1S/C34H29ClN2.3C2H6/c1-33(2)26-11-7-5-9-22(26)24-15-13-20(17-28(24)33)30-19-31(37-32(35)36-30)21-14-16-25-23-10-6-8-12-27(23)34(3,4)29(25)18-21;3*1-2/h5-19,30H,1-4H3,(H,36,37);3*1-2H3. The first-order valence-corrected chi connectivity index (χ1v) is 16.3. The van der Waals surface area contributed by atoms with Crippen LogP contribution in [0.25, 0.3) is 28.0 Å². The Labute approximate surface area is 265 Å². The van der Waals surface area contributed by atoms with Crippen molar-refractivity contribution in [3.63, 3.8) is 0 Å². The highest BCUT2D eigenvalue weighted by molar-refractivity contribution is 6.65. The molecule has 0 bridgehead atoms. The lowest BCUT2D eigenvalue weighted by molar-refractivity contribution is 0.658. The summed E-state index contributed by atoms with van der Waals surface area (Å²) in [6.07, 6.45) is 2.21. The molecule has 0 radical (unpaired) electrons. The summed E-state index contributed by atoms with van der Waals surface area (Å²) in [6.45, 7) is 21.2. The molecule has 43 heavy (non-hydrogen) atoms. The van der Waals surface area contributed by atoms with Crippen molar-refractivity contribution in [1.29, 1.82) is 0 Å². The summed E-state index contributed by atoms with van der Waals surface area (Å²) >= 11 is 6.60. The summed E-state index contributed by atoms with van der Waals surface area (Å²) in [4.78, 5) is 4.78. The van der Waals surface area contributed by atoms with Gasteiger partial charge in [0.05, 0.1) is 6.04 Å². The van der Waals surface area contributed by atoms with Gasteiger partial charge in [-0.05, 0) is 79.4 Å². The van der Waals surface area contributed by atoms with Crippen molar-refractivity contribution < 1.29 is 0 Å². The van der Waals surface area contributed by atoms with Gasteiger partial charge in [-0.3, -0.25) is 0 Å². The van der Waals surface area contributed by atoms with Crippen LogP contribution in [0.4, 0.5) is 0 Å². The minimum atomic E-state index is -0.146. The van der Waals surface area contributed by atoms with Crippen molar-refractivity contribution in [3.8, 4) is 22.3 Å². The van der Waals surface area contributed by atoms with Gasteiger partial charge in [-0.15, -0.1) is 0 Å². The van der Waals surface area contributed by atoms with Crippen LogP contribution < -0.4 is 5.32 Å². The molecule has 1 heterocycles. The van der Waals surface area contributed by atoms with Crippen molar-refractivity contribution in [1.82, 2.24) is 5.32 Å². The van der Waals surface area contributed by atoms with E-state index >= 15 is 0 Å². The van der Waals surface area contributed by atoms with Gasteiger partial charge in [-0.2, -0.15) is 0 Å². The smallest absolute Gasteiger partial charge is 0.196 e. The molecule has 4 aromatic rings. The van der Waals surface area contributed by atoms with Crippen LogP contribution in [-0.4, -0.2) is 5.29 Å². The van der Waals surface area contributed by atoms with Gasteiger partial charge in [0.2, 0.25) is 0 Å². The van der Waals surface area contributed by atoms with E-state index in [1.54, 1.807) is 0 Å². The molecule has 3 aliphatic rings. The predicted octanol–water partition coefficient (Wildman–Crippen LogP) is 11.7. The van der Waals surface area contributed by atoms with Crippen LogP contribution in [0.15, 0.2) is 96.0 Å². The molecule has 2 nitrogen and oxygen atoms in total. The molecule has 7 rings (SSSR count). The number of halogens is 1. The molecule has 2 aliphatic carbocycles. The molecule has 0 saturated heterocycles. The van der Waals surface area contributed by atoms with Gasteiger partial charge in [0.25, 0.3) is 0 Å². The number of fused-ring (bicyclic) bond motifs is 6. The summed E-state index contributed by atoms with van der Waals surface area (Å²) in [7, 11) is 0. The molecule has 0 aromatic heterocycles. The molecule has 1 atom stereocenters. The lowest BCUT2D eigenvalue weighted by Crippen LogP contribution is -2.23. The highest BCUT2D eigenvalue weighted by Crippen LogP contribution is 2.50. The average Bonchev–Trinajstić information content (AvgIpc) is 3.43.